The molecule has 1 heterocycles. The van der Waals surface area contributed by atoms with E-state index in [4.69, 9.17) is 9.51 Å². The normalized spacial score (nSPS) is 34.3. The summed E-state index contributed by atoms with van der Waals surface area (Å²) in [5.74, 6) is 2.38. The lowest BCUT2D eigenvalue weighted by atomic mass is 9.41. The Morgan fingerprint density at radius 2 is 1.67 bits per heavy atom. The van der Waals surface area contributed by atoms with E-state index < -0.39 is 11.1 Å². The molecule has 0 aliphatic heterocycles. The van der Waals surface area contributed by atoms with Crippen molar-refractivity contribution in [2.75, 3.05) is 11.4 Å². The maximum Gasteiger partial charge on any atom is 0.233 e. The van der Waals surface area contributed by atoms with Gasteiger partial charge < -0.3 is 9.42 Å². The minimum absolute atomic E-state index is 0.00342. The van der Waals surface area contributed by atoms with Gasteiger partial charge in [-0.3, -0.25) is 4.79 Å². The van der Waals surface area contributed by atoms with E-state index in [2.05, 4.69) is 60.6 Å². The Bertz CT molecular complexity index is 1410. The van der Waals surface area contributed by atoms with Gasteiger partial charge in [-0.2, -0.15) is 4.98 Å². The lowest BCUT2D eigenvalue weighted by Gasteiger charge is -2.65. The minimum atomic E-state index is -1.10. The van der Waals surface area contributed by atoms with E-state index in [0.29, 0.717) is 31.7 Å². The molecule has 6 heteroatoms. The van der Waals surface area contributed by atoms with Crippen molar-refractivity contribution in [3.05, 3.63) is 65.8 Å². The third-order valence-electron chi connectivity index (χ3n) is 10.9. The number of anilines is 1. The van der Waals surface area contributed by atoms with Gasteiger partial charge in [0.15, 0.2) is 5.82 Å². The quantitative estimate of drug-likeness (QED) is 0.322. The Hall–Kier alpha value is -3.02. The van der Waals surface area contributed by atoms with Crippen molar-refractivity contribution in [2.24, 2.45) is 10.8 Å². The molecule has 3 aromatic rings. The first-order valence-electron chi connectivity index (χ1n) is 14.8. The number of carbonyl (C=O) groups is 1. The zero-order valence-corrected chi connectivity index (χ0v) is 22.7. The zero-order chi connectivity index (χ0) is 26.5. The van der Waals surface area contributed by atoms with Gasteiger partial charge in [-0.15, -0.1) is 0 Å². The third kappa shape index (κ3) is 3.73. The fourth-order valence-electron chi connectivity index (χ4n) is 8.17. The molecule has 7 aliphatic rings. The second kappa shape index (κ2) is 8.02. The van der Waals surface area contributed by atoms with Crippen LogP contribution in [-0.4, -0.2) is 28.3 Å². The van der Waals surface area contributed by atoms with Crippen LogP contribution >= 0.6 is 0 Å². The summed E-state index contributed by atoms with van der Waals surface area (Å²) in [7, 11) is 0. The smallest absolute Gasteiger partial charge is 0.233 e. The van der Waals surface area contributed by atoms with Crippen LogP contribution in [0.4, 0.5) is 10.1 Å². The van der Waals surface area contributed by atoms with E-state index >= 15 is 0 Å². The molecule has 0 unspecified atom stereocenters. The highest BCUT2D eigenvalue weighted by atomic mass is 19.1. The molecule has 0 saturated heterocycles. The first-order valence-corrected chi connectivity index (χ1v) is 14.8. The van der Waals surface area contributed by atoms with E-state index in [1.54, 1.807) is 0 Å². The molecule has 0 radical (unpaired) electrons. The molecular formula is C33H36FN3O2. The van der Waals surface area contributed by atoms with Crippen molar-refractivity contribution in [1.82, 2.24) is 10.1 Å². The van der Waals surface area contributed by atoms with Crippen LogP contribution in [-0.2, 0) is 10.2 Å². The number of rotatable bonds is 7. The van der Waals surface area contributed by atoms with Crippen LogP contribution < -0.4 is 4.90 Å². The van der Waals surface area contributed by atoms with Gasteiger partial charge in [-0.25, -0.2) is 4.39 Å². The number of fused-ring (bicyclic) bond motifs is 3. The molecule has 39 heavy (non-hydrogen) atoms. The van der Waals surface area contributed by atoms with Gasteiger partial charge in [0.1, 0.15) is 5.67 Å². The minimum Gasteiger partial charge on any atom is -0.339 e. The number of hydrogen-bond acceptors (Lipinski definition) is 4. The summed E-state index contributed by atoms with van der Waals surface area (Å²) in [4.78, 5) is 21.0. The predicted molar refractivity (Wildman–Crippen MR) is 147 cm³/mol. The SMILES string of the molecule is Cc1ccc(-c2cccc(N(CC34CCC(c5nc(C6CC6)no5)(CC3)CC4)C(=O)C34CC(F)(C3)C4)c2)cc1. The predicted octanol–water partition coefficient (Wildman–Crippen LogP) is 7.44. The molecule has 5 nitrogen and oxygen atoms in total. The molecule has 7 aliphatic carbocycles. The van der Waals surface area contributed by atoms with E-state index in [1.165, 1.54) is 18.4 Å². The maximum atomic E-state index is 14.5. The van der Waals surface area contributed by atoms with Crippen LogP contribution in [0.3, 0.4) is 0 Å². The van der Waals surface area contributed by atoms with Gasteiger partial charge in [-0.1, -0.05) is 47.1 Å². The Labute approximate surface area is 229 Å². The van der Waals surface area contributed by atoms with Crippen molar-refractivity contribution in [3.8, 4) is 11.1 Å². The van der Waals surface area contributed by atoms with Gasteiger partial charge >= 0.3 is 0 Å². The summed E-state index contributed by atoms with van der Waals surface area (Å²) in [5, 5.41) is 4.31. The number of benzene rings is 2. The third-order valence-corrected chi connectivity index (χ3v) is 10.9. The summed E-state index contributed by atoms with van der Waals surface area (Å²) in [6, 6.07) is 16.9. The molecule has 1 aromatic heterocycles. The zero-order valence-electron chi connectivity index (χ0n) is 22.7. The number of aromatic nitrogens is 2. The largest absolute Gasteiger partial charge is 0.339 e. The van der Waals surface area contributed by atoms with Crippen LogP contribution in [0.1, 0.15) is 93.8 Å². The van der Waals surface area contributed by atoms with Crippen LogP contribution in [0.2, 0.25) is 0 Å². The Balaban J connectivity index is 1.07. The van der Waals surface area contributed by atoms with Crippen LogP contribution in [0.25, 0.3) is 11.1 Å². The van der Waals surface area contributed by atoms with Gasteiger partial charge in [0.2, 0.25) is 11.8 Å². The highest BCUT2D eigenvalue weighted by Crippen LogP contribution is 2.70. The number of nitrogens with zero attached hydrogens (tertiary/aromatic N) is 3. The van der Waals surface area contributed by atoms with E-state index in [9.17, 15) is 9.18 Å². The molecule has 7 saturated carbocycles. The average molecular weight is 526 g/mol. The second-order valence-corrected chi connectivity index (χ2v) is 13.8. The number of alkyl halides is 1. The van der Waals surface area contributed by atoms with Crippen LogP contribution in [0.15, 0.2) is 53.1 Å². The Morgan fingerprint density at radius 3 is 2.31 bits per heavy atom. The summed E-state index contributed by atoms with van der Waals surface area (Å²) in [6.07, 6.45) is 9.78. The maximum absolute atomic E-state index is 14.5. The van der Waals surface area contributed by atoms with Crippen molar-refractivity contribution in [1.29, 1.82) is 0 Å². The lowest BCUT2D eigenvalue weighted by Crippen LogP contribution is -2.71. The molecule has 0 N–H and O–H groups in total. The highest BCUT2D eigenvalue weighted by molar-refractivity contribution is 6.00. The average Bonchev–Trinajstić information content (AvgIpc) is 3.66. The molecule has 0 atom stereocenters. The Morgan fingerprint density at radius 1 is 0.974 bits per heavy atom. The standard InChI is InChI=1S/C33H36FN3O2/c1-22-5-7-23(8-6-22)25-3-2-4-26(17-25)37(29(38)32-18-33(34,19-32)20-32)21-30-11-14-31(15-12-30,16-13-30)28-35-27(36-39-28)24-9-10-24/h2-8,17,24H,9-16,18-21H2,1H3. The van der Waals surface area contributed by atoms with Crippen molar-refractivity contribution in [3.63, 3.8) is 0 Å². The van der Waals surface area contributed by atoms with Gasteiger partial charge in [-0.05, 0) is 106 Å². The van der Waals surface area contributed by atoms with Gasteiger partial charge in [0.25, 0.3) is 0 Å². The molecule has 2 aromatic carbocycles. The monoisotopic (exact) mass is 525 g/mol. The molecule has 7 fully saturated rings. The second-order valence-electron chi connectivity index (χ2n) is 13.8. The first kappa shape index (κ1) is 23.8. The topological polar surface area (TPSA) is 59.2 Å². The van der Waals surface area contributed by atoms with Crippen molar-refractivity contribution >= 4 is 11.6 Å². The van der Waals surface area contributed by atoms with Crippen molar-refractivity contribution < 1.29 is 13.7 Å². The summed E-state index contributed by atoms with van der Waals surface area (Å²) in [5.41, 5.74) is 2.90. The molecule has 10 rings (SSSR count). The van der Waals surface area contributed by atoms with E-state index in [1.807, 2.05) is 4.90 Å². The van der Waals surface area contributed by atoms with Crippen LogP contribution in [0.5, 0.6) is 0 Å². The Kier molecular flexibility index (Phi) is 4.90. The van der Waals surface area contributed by atoms with E-state index in [-0.39, 0.29) is 16.7 Å². The summed E-state index contributed by atoms with van der Waals surface area (Å²) >= 11 is 0. The first-order chi connectivity index (χ1) is 18.8. The molecule has 202 valence electrons. The molecular weight excluding hydrogens is 489 g/mol. The number of amides is 1. The van der Waals surface area contributed by atoms with Crippen LogP contribution in [0, 0.1) is 17.8 Å². The lowest BCUT2D eigenvalue weighted by molar-refractivity contribution is -0.211. The van der Waals surface area contributed by atoms with Gasteiger partial charge in [0.05, 0.1) is 5.41 Å². The highest BCUT2D eigenvalue weighted by Gasteiger charge is 2.73. The summed E-state index contributed by atoms with van der Waals surface area (Å²) in [6.45, 7) is 2.80. The van der Waals surface area contributed by atoms with Gasteiger partial charge in [0, 0.05) is 23.6 Å². The fraction of sp³-hybridized carbons (Fsp3) is 0.545. The molecule has 4 bridgehead atoms. The molecule has 0 spiro atoms. The number of hydrogen-bond donors (Lipinski definition) is 0. The number of aryl methyl sites for hydroxylation is 1. The molecule has 1 amide bonds. The van der Waals surface area contributed by atoms with E-state index in [0.717, 1.165) is 67.1 Å². The fourth-order valence-corrected chi connectivity index (χ4v) is 8.17. The summed E-state index contributed by atoms with van der Waals surface area (Å²) < 4.78 is 20.4. The van der Waals surface area contributed by atoms with Crippen molar-refractivity contribution in [2.45, 2.75) is 94.6 Å². The number of halogens is 1. The number of carbonyl (C=O) groups excluding carboxylic acids is 1.